The lowest BCUT2D eigenvalue weighted by atomic mass is 9.95. The Balaban J connectivity index is 4.59. The molecule has 0 radical (unpaired) electrons. The Hall–Kier alpha value is -0.970. The predicted molar refractivity (Wildman–Crippen MR) is 49.4 cm³/mol. The van der Waals surface area contributed by atoms with Gasteiger partial charge in [0.2, 0.25) is 0 Å². The first kappa shape index (κ1) is 13.0. The van der Waals surface area contributed by atoms with Crippen molar-refractivity contribution in [3.63, 3.8) is 0 Å². The number of esters is 1. The van der Waals surface area contributed by atoms with Crippen LogP contribution in [0.1, 0.15) is 26.7 Å². The van der Waals surface area contributed by atoms with Crippen LogP contribution in [0.3, 0.4) is 0 Å². The third kappa shape index (κ3) is 2.77. The number of halogens is 1. The molecule has 0 saturated heterocycles. The van der Waals surface area contributed by atoms with Crippen LogP contribution in [-0.4, -0.2) is 30.6 Å². The summed E-state index contributed by atoms with van der Waals surface area (Å²) < 4.78 is 18.2. The van der Waals surface area contributed by atoms with E-state index >= 15 is 0 Å². The number of rotatable bonds is 6. The molecule has 2 atom stereocenters. The van der Waals surface area contributed by atoms with Crippen molar-refractivity contribution in [3.8, 4) is 0 Å². The molecule has 0 amide bonds. The second kappa shape index (κ2) is 5.70. The highest BCUT2D eigenvalue weighted by Gasteiger charge is 2.45. The number of ether oxygens (including phenoxy) is 1. The summed E-state index contributed by atoms with van der Waals surface area (Å²) in [6.07, 6.45) is 0.777. The topological polar surface area (TPSA) is 69.4 Å². The van der Waals surface area contributed by atoms with E-state index in [0.29, 0.717) is 6.42 Å². The maximum absolute atomic E-state index is 13.7. The second-order valence-electron chi connectivity index (χ2n) is 3.00. The normalized spacial score (nSPS) is 16.9. The van der Waals surface area contributed by atoms with E-state index in [1.54, 1.807) is 6.92 Å². The molecule has 0 fully saturated rings. The highest BCUT2D eigenvalue weighted by Crippen LogP contribution is 2.18. The Morgan fingerprint density at radius 2 is 2.21 bits per heavy atom. The van der Waals surface area contributed by atoms with Gasteiger partial charge in [-0.05, 0) is 13.3 Å². The van der Waals surface area contributed by atoms with Crippen LogP contribution in [0.5, 0.6) is 0 Å². The summed E-state index contributed by atoms with van der Waals surface area (Å²) in [5.74, 6) is -1.20. The molecular weight excluding hydrogens is 189 g/mol. The molecule has 0 spiro atoms. The fraction of sp³-hybridized carbons (Fsp3) is 0.778. The molecule has 0 saturated carbocycles. The lowest BCUT2D eigenvalue weighted by molar-refractivity contribution is -0.160. The molecule has 0 aromatic heterocycles. The number of aldehydes is 1. The van der Waals surface area contributed by atoms with Crippen molar-refractivity contribution in [3.05, 3.63) is 0 Å². The molecule has 0 aliphatic carbocycles. The zero-order valence-corrected chi connectivity index (χ0v) is 8.46. The van der Waals surface area contributed by atoms with Crippen LogP contribution in [0.4, 0.5) is 4.39 Å². The molecule has 2 unspecified atom stereocenters. The smallest absolute Gasteiger partial charge is 0.353 e. The van der Waals surface area contributed by atoms with Gasteiger partial charge in [-0.3, -0.25) is 4.79 Å². The highest BCUT2D eigenvalue weighted by atomic mass is 19.1. The molecule has 0 aromatic rings. The van der Waals surface area contributed by atoms with Gasteiger partial charge >= 0.3 is 5.97 Å². The summed E-state index contributed by atoms with van der Waals surface area (Å²) >= 11 is 0. The van der Waals surface area contributed by atoms with E-state index in [2.05, 4.69) is 4.74 Å². The van der Waals surface area contributed by atoms with Gasteiger partial charge in [0.05, 0.1) is 12.6 Å². The van der Waals surface area contributed by atoms with Gasteiger partial charge in [0.1, 0.15) is 0 Å². The molecule has 0 heterocycles. The van der Waals surface area contributed by atoms with E-state index in [9.17, 15) is 14.0 Å². The van der Waals surface area contributed by atoms with Crippen LogP contribution in [-0.2, 0) is 14.3 Å². The van der Waals surface area contributed by atoms with Crippen LogP contribution in [0, 0.1) is 0 Å². The van der Waals surface area contributed by atoms with Crippen molar-refractivity contribution in [1.29, 1.82) is 0 Å². The Bertz CT molecular complexity index is 210. The number of hydrogen-bond donors (Lipinski definition) is 1. The van der Waals surface area contributed by atoms with Gasteiger partial charge in [0.15, 0.2) is 6.29 Å². The molecule has 0 bridgehead atoms. The minimum absolute atomic E-state index is 0.0250. The van der Waals surface area contributed by atoms with Crippen molar-refractivity contribution >= 4 is 12.3 Å². The van der Waals surface area contributed by atoms with E-state index in [4.69, 9.17) is 5.73 Å². The Kier molecular flexibility index (Phi) is 5.30. The number of carbonyl (C=O) groups excluding carboxylic acids is 2. The fourth-order valence-electron chi connectivity index (χ4n) is 1.05. The maximum Gasteiger partial charge on any atom is 0.353 e. The van der Waals surface area contributed by atoms with E-state index in [1.807, 2.05) is 0 Å². The average Bonchev–Trinajstić information content (AvgIpc) is 2.17. The lowest BCUT2D eigenvalue weighted by Gasteiger charge is -2.23. The number of nitrogens with two attached hydrogens (primary N) is 1. The average molecular weight is 205 g/mol. The summed E-state index contributed by atoms with van der Waals surface area (Å²) in [4.78, 5) is 21.6. The van der Waals surface area contributed by atoms with Crippen molar-refractivity contribution in [2.45, 2.75) is 38.4 Å². The van der Waals surface area contributed by atoms with Crippen molar-refractivity contribution in [2.75, 3.05) is 6.61 Å². The largest absolute Gasteiger partial charge is 0.463 e. The fourth-order valence-corrected chi connectivity index (χ4v) is 1.05. The van der Waals surface area contributed by atoms with E-state index in [0.717, 1.165) is 0 Å². The Morgan fingerprint density at radius 3 is 2.57 bits per heavy atom. The van der Waals surface area contributed by atoms with Crippen LogP contribution < -0.4 is 5.73 Å². The zero-order valence-electron chi connectivity index (χ0n) is 8.46. The molecule has 4 nitrogen and oxygen atoms in total. The molecule has 2 N–H and O–H groups in total. The van der Waals surface area contributed by atoms with Gasteiger partial charge in [-0.15, -0.1) is 0 Å². The Labute approximate surface area is 82.6 Å². The maximum atomic E-state index is 13.7. The highest BCUT2D eigenvalue weighted by molar-refractivity contribution is 5.97. The molecule has 5 heteroatoms. The minimum Gasteiger partial charge on any atom is -0.463 e. The quantitative estimate of drug-likeness (QED) is 0.391. The molecule has 0 aliphatic rings. The Morgan fingerprint density at radius 1 is 1.64 bits per heavy atom. The van der Waals surface area contributed by atoms with Crippen LogP contribution >= 0.6 is 0 Å². The summed E-state index contributed by atoms with van der Waals surface area (Å²) in [7, 11) is 0. The number of hydrogen-bond acceptors (Lipinski definition) is 4. The third-order valence-electron chi connectivity index (χ3n) is 1.90. The monoisotopic (exact) mass is 205 g/mol. The summed E-state index contributed by atoms with van der Waals surface area (Å²) in [6, 6.07) is -1.14. The van der Waals surface area contributed by atoms with Crippen LogP contribution in [0.15, 0.2) is 0 Å². The summed E-state index contributed by atoms with van der Waals surface area (Å²) in [5.41, 5.74) is 2.69. The van der Waals surface area contributed by atoms with Crippen LogP contribution in [0.2, 0.25) is 0 Å². The standard InChI is InChI=1S/C9H16FNO3/c1-3-5-7(11)9(10,6-12)8(13)14-4-2/h6-7H,3-5,11H2,1-2H3. The van der Waals surface area contributed by atoms with Crippen molar-refractivity contribution in [1.82, 2.24) is 0 Å². The van der Waals surface area contributed by atoms with Gasteiger partial charge in [-0.25, -0.2) is 9.18 Å². The van der Waals surface area contributed by atoms with E-state index < -0.39 is 17.7 Å². The summed E-state index contributed by atoms with van der Waals surface area (Å²) in [5, 5.41) is 0. The molecule has 0 aliphatic heterocycles. The number of carbonyl (C=O) groups is 2. The van der Waals surface area contributed by atoms with Gasteiger partial charge in [-0.1, -0.05) is 13.3 Å². The summed E-state index contributed by atoms with van der Waals surface area (Å²) in [6.45, 7) is 3.35. The molecule has 82 valence electrons. The first-order valence-electron chi connectivity index (χ1n) is 4.60. The number of alkyl halides is 1. The van der Waals surface area contributed by atoms with Gasteiger partial charge in [0.25, 0.3) is 5.67 Å². The van der Waals surface area contributed by atoms with Gasteiger partial charge < -0.3 is 10.5 Å². The molecule has 14 heavy (non-hydrogen) atoms. The first-order valence-corrected chi connectivity index (χ1v) is 4.60. The molecule has 0 rings (SSSR count). The predicted octanol–water partition coefficient (Wildman–Crippen LogP) is 0.584. The van der Waals surface area contributed by atoms with Gasteiger partial charge in [0, 0.05) is 0 Å². The SMILES string of the molecule is CCCC(N)C(F)(C=O)C(=O)OCC. The lowest BCUT2D eigenvalue weighted by Crippen LogP contribution is -2.52. The minimum atomic E-state index is -2.70. The molecular formula is C9H16FNO3. The van der Waals surface area contributed by atoms with E-state index in [-0.39, 0.29) is 19.3 Å². The first-order chi connectivity index (χ1) is 6.52. The van der Waals surface area contributed by atoms with Crippen molar-refractivity contribution in [2.24, 2.45) is 5.73 Å². The van der Waals surface area contributed by atoms with E-state index in [1.165, 1.54) is 6.92 Å². The third-order valence-corrected chi connectivity index (χ3v) is 1.90. The second-order valence-corrected chi connectivity index (χ2v) is 3.00. The van der Waals surface area contributed by atoms with Crippen molar-refractivity contribution < 1.29 is 18.7 Å². The van der Waals surface area contributed by atoms with Crippen LogP contribution in [0.25, 0.3) is 0 Å². The van der Waals surface area contributed by atoms with Gasteiger partial charge in [-0.2, -0.15) is 0 Å². The zero-order chi connectivity index (χ0) is 11.2. The molecule has 0 aromatic carbocycles.